The number of imidazole rings is 1. The van der Waals surface area contributed by atoms with Gasteiger partial charge in [-0.15, -0.1) is 0 Å². The Morgan fingerprint density at radius 2 is 1.86 bits per heavy atom. The van der Waals surface area contributed by atoms with Crippen molar-refractivity contribution in [2.75, 3.05) is 0 Å². The summed E-state index contributed by atoms with van der Waals surface area (Å²) in [5.74, 6) is 0.443. The Bertz CT molecular complexity index is 639. The largest absolute Gasteiger partial charge is 0.406 e. The first-order valence-corrected chi connectivity index (χ1v) is 7.16. The zero-order valence-corrected chi connectivity index (χ0v) is 11.7. The molecule has 1 saturated carbocycles. The lowest BCUT2D eigenvalue weighted by Gasteiger charge is -2.23. The summed E-state index contributed by atoms with van der Waals surface area (Å²) in [6.07, 6.45) is -0.0934. The van der Waals surface area contributed by atoms with Gasteiger partial charge in [-0.1, -0.05) is 25.0 Å². The van der Waals surface area contributed by atoms with Crippen molar-refractivity contribution in [1.29, 1.82) is 0 Å². The third kappa shape index (κ3) is 3.05. The van der Waals surface area contributed by atoms with Crippen molar-refractivity contribution in [2.45, 2.75) is 50.4 Å². The van der Waals surface area contributed by atoms with Gasteiger partial charge in [-0.25, -0.2) is 4.98 Å². The fourth-order valence-corrected chi connectivity index (χ4v) is 3.19. The van der Waals surface area contributed by atoms with Crippen LogP contribution >= 0.6 is 0 Å². The van der Waals surface area contributed by atoms with Crippen LogP contribution in [0.2, 0.25) is 0 Å². The van der Waals surface area contributed by atoms with E-state index in [1.54, 1.807) is 24.3 Å². The van der Waals surface area contributed by atoms with Crippen molar-refractivity contribution in [3.8, 4) is 0 Å². The lowest BCUT2D eigenvalue weighted by Crippen LogP contribution is -2.40. The molecule has 1 fully saturated rings. The van der Waals surface area contributed by atoms with E-state index >= 15 is 0 Å². The molecular formula is C15H18F3N3. The Labute approximate surface area is 121 Å². The summed E-state index contributed by atoms with van der Waals surface area (Å²) < 4.78 is 39.8. The van der Waals surface area contributed by atoms with E-state index in [-0.39, 0.29) is 0 Å². The number of nitrogens with zero attached hydrogens (tertiary/aromatic N) is 2. The van der Waals surface area contributed by atoms with Gasteiger partial charge >= 0.3 is 6.18 Å². The van der Waals surface area contributed by atoms with E-state index in [1.807, 2.05) is 0 Å². The molecule has 1 aromatic carbocycles. The molecule has 2 aromatic rings. The average Bonchev–Trinajstić information content (AvgIpc) is 2.94. The Balaban J connectivity index is 2.01. The van der Waals surface area contributed by atoms with Gasteiger partial charge in [-0.05, 0) is 25.0 Å². The first-order chi connectivity index (χ1) is 9.86. The second kappa shape index (κ2) is 5.02. The molecule has 1 aliphatic carbocycles. The normalized spacial score (nSPS) is 18.5. The van der Waals surface area contributed by atoms with Crippen LogP contribution in [-0.2, 0) is 13.0 Å². The maximum Gasteiger partial charge on any atom is 0.406 e. The van der Waals surface area contributed by atoms with E-state index in [1.165, 1.54) is 4.57 Å². The molecule has 3 rings (SSSR count). The van der Waals surface area contributed by atoms with Crippen LogP contribution in [0.4, 0.5) is 13.2 Å². The molecule has 0 unspecified atom stereocenters. The summed E-state index contributed by atoms with van der Waals surface area (Å²) in [6, 6.07) is 6.93. The molecule has 0 amide bonds. The number of hydrogen-bond donors (Lipinski definition) is 1. The SMILES string of the molecule is NC1(Cc2nc3ccccc3n2CC(F)(F)F)CCCC1. The number of benzene rings is 1. The summed E-state index contributed by atoms with van der Waals surface area (Å²) in [7, 11) is 0. The zero-order chi connectivity index (χ0) is 15.1. The van der Waals surface area contributed by atoms with Crippen LogP contribution in [-0.4, -0.2) is 21.3 Å². The first kappa shape index (κ1) is 14.4. The fraction of sp³-hybridized carbons (Fsp3) is 0.533. The quantitative estimate of drug-likeness (QED) is 0.943. The van der Waals surface area contributed by atoms with Gasteiger partial charge in [0.15, 0.2) is 0 Å². The Morgan fingerprint density at radius 3 is 2.52 bits per heavy atom. The molecule has 114 valence electrons. The molecule has 0 atom stereocenters. The molecule has 1 heterocycles. The van der Waals surface area contributed by atoms with Gasteiger partial charge in [0.1, 0.15) is 12.4 Å². The first-order valence-electron chi connectivity index (χ1n) is 7.16. The fourth-order valence-electron chi connectivity index (χ4n) is 3.19. The van der Waals surface area contributed by atoms with Gasteiger partial charge in [0, 0.05) is 12.0 Å². The Kier molecular flexibility index (Phi) is 3.43. The second-order valence-electron chi connectivity index (χ2n) is 5.96. The zero-order valence-electron chi connectivity index (χ0n) is 11.7. The minimum Gasteiger partial charge on any atom is -0.325 e. The van der Waals surface area contributed by atoms with E-state index in [9.17, 15) is 13.2 Å². The molecular weight excluding hydrogens is 279 g/mol. The average molecular weight is 297 g/mol. The van der Waals surface area contributed by atoms with Gasteiger partial charge in [0.2, 0.25) is 0 Å². The molecule has 1 aromatic heterocycles. The predicted molar refractivity (Wildman–Crippen MR) is 74.9 cm³/mol. The third-order valence-electron chi connectivity index (χ3n) is 4.18. The van der Waals surface area contributed by atoms with Gasteiger partial charge in [-0.2, -0.15) is 13.2 Å². The lowest BCUT2D eigenvalue weighted by molar-refractivity contribution is -0.140. The number of rotatable bonds is 3. The summed E-state index contributed by atoms with van der Waals surface area (Å²) in [5, 5.41) is 0. The van der Waals surface area contributed by atoms with Crippen molar-refractivity contribution in [1.82, 2.24) is 9.55 Å². The van der Waals surface area contributed by atoms with Crippen molar-refractivity contribution < 1.29 is 13.2 Å². The highest BCUT2D eigenvalue weighted by molar-refractivity contribution is 5.76. The second-order valence-corrected chi connectivity index (χ2v) is 5.96. The monoisotopic (exact) mass is 297 g/mol. The van der Waals surface area contributed by atoms with E-state index in [4.69, 9.17) is 5.73 Å². The highest BCUT2D eigenvalue weighted by atomic mass is 19.4. The van der Waals surface area contributed by atoms with E-state index < -0.39 is 18.3 Å². The predicted octanol–water partition coefficient (Wildman–Crippen LogP) is 3.41. The van der Waals surface area contributed by atoms with Crippen LogP contribution in [0.15, 0.2) is 24.3 Å². The van der Waals surface area contributed by atoms with Crippen LogP contribution in [0.3, 0.4) is 0 Å². The molecule has 0 saturated heterocycles. The molecule has 3 nitrogen and oxygen atoms in total. The number of nitrogens with two attached hydrogens (primary N) is 1. The number of para-hydroxylation sites is 2. The summed E-state index contributed by atoms with van der Waals surface area (Å²) in [5.41, 5.74) is 7.01. The van der Waals surface area contributed by atoms with E-state index in [2.05, 4.69) is 4.98 Å². The van der Waals surface area contributed by atoms with Crippen LogP contribution in [0.5, 0.6) is 0 Å². The molecule has 0 radical (unpaired) electrons. The molecule has 2 N–H and O–H groups in total. The van der Waals surface area contributed by atoms with Crippen LogP contribution in [0.25, 0.3) is 11.0 Å². The van der Waals surface area contributed by atoms with E-state index in [0.717, 1.165) is 25.7 Å². The van der Waals surface area contributed by atoms with Crippen molar-refractivity contribution in [3.05, 3.63) is 30.1 Å². The van der Waals surface area contributed by atoms with Crippen molar-refractivity contribution in [3.63, 3.8) is 0 Å². The number of halogens is 3. The smallest absolute Gasteiger partial charge is 0.325 e. The third-order valence-corrected chi connectivity index (χ3v) is 4.18. The standard InChI is InChI=1S/C15H18F3N3/c16-15(17,18)10-21-12-6-2-1-5-11(12)20-13(21)9-14(19)7-3-4-8-14/h1-2,5-6H,3-4,7-10,19H2. The minimum atomic E-state index is -4.27. The van der Waals surface area contributed by atoms with Crippen molar-refractivity contribution >= 4 is 11.0 Å². The number of hydrogen-bond acceptors (Lipinski definition) is 2. The van der Waals surface area contributed by atoms with Gasteiger partial charge < -0.3 is 10.3 Å². The Morgan fingerprint density at radius 1 is 1.19 bits per heavy atom. The van der Waals surface area contributed by atoms with Gasteiger partial charge in [-0.3, -0.25) is 0 Å². The number of fused-ring (bicyclic) bond motifs is 1. The van der Waals surface area contributed by atoms with Crippen LogP contribution in [0, 0.1) is 0 Å². The Hall–Kier alpha value is -1.56. The molecule has 21 heavy (non-hydrogen) atoms. The van der Waals surface area contributed by atoms with Gasteiger partial charge in [0.05, 0.1) is 11.0 Å². The number of alkyl halides is 3. The summed E-state index contributed by atoms with van der Waals surface area (Å²) in [4.78, 5) is 4.39. The van der Waals surface area contributed by atoms with Gasteiger partial charge in [0.25, 0.3) is 0 Å². The van der Waals surface area contributed by atoms with Crippen LogP contribution in [0.1, 0.15) is 31.5 Å². The number of aromatic nitrogens is 2. The lowest BCUT2D eigenvalue weighted by atomic mass is 9.94. The minimum absolute atomic E-state index is 0.401. The highest BCUT2D eigenvalue weighted by Crippen LogP contribution is 2.32. The summed E-state index contributed by atoms with van der Waals surface area (Å²) in [6.45, 7) is -1.01. The molecule has 0 aliphatic heterocycles. The molecule has 1 aliphatic rings. The summed E-state index contributed by atoms with van der Waals surface area (Å²) >= 11 is 0. The molecule has 0 spiro atoms. The maximum absolute atomic E-state index is 12.9. The maximum atomic E-state index is 12.9. The topological polar surface area (TPSA) is 43.8 Å². The highest BCUT2D eigenvalue weighted by Gasteiger charge is 2.34. The van der Waals surface area contributed by atoms with Crippen molar-refractivity contribution in [2.24, 2.45) is 5.73 Å². The molecule has 6 heteroatoms. The van der Waals surface area contributed by atoms with E-state index in [0.29, 0.717) is 23.3 Å². The van der Waals surface area contributed by atoms with Crippen LogP contribution < -0.4 is 5.73 Å². The molecule has 0 bridgehead atoms.